The van der Waals surface area contributed by atoms with Gasteiger partial charge >= 0.3 is 0 Å². The second-order valence-corrected chi connectivity index (χ2v) is 6.71. The average molecular weight is 326 g/mol. The summed E-state index contributed by atoms with van der Waals surface area (Å²) < 4.78 is 5.44. The summed E-state index contributed by atoms with van der Waals surface area (Å²) in [5.41, 5.74) is 8.20. The number of rotatable bonds is 3. The van der Waals surface area contributed by atoms with E-state index in [9.17, 15) is 0 Å². The molecule has 0 unspecified atom stereocenters. The normalized spacial score (nSPS) is 17.3. The third-order valence-corrected chi connectivity index (χ3v) is 5.32. The number of nitrogens with zero attached hydrogens (tertiary/aromatic N) is 3. The quantitative estimate of drug-likeness (QED) is 0.800. The SMILES string of the molecule is Nc1nc(C2(c3ccccc3)CCN(c3ncco3)CC2)cs1. The van der Waals surface area contributed by atoms with E-state index in [4.69, 9.17) is 10.2 Å². The molecule has 2 aromatic heterocycles. The molecule has 118 valence electrons. The fraction of sp³-hybridized carbons (Fsp3) is 0.294. The Morgan fingerprint density at radius 3 is 2.57 bits per heavy atom. The van der Waals surface area contributed by atoms with E-state index in [1.54, 1.807) is 12.5 Å². The van der Waals surface area contributed by atoms with Gasteiger partial charge in [0.2, 0.25) is 0 Å². The van der Waals surface area contributed by atoms with Gasteiger partial charge in [0, 0.05) is 23.9 Å². The molecule has 0 saturated carbocycles. The average Bonchev–Trinajstić information content (AvgIpc) is 3.28. The van der Waals surface area contributed by atoms with Crippen LogP contribution < -0.4 is 10.6 Å². The van der Waals surface area contributed by atoms with Crippen LogP contribution in [-0.2, 0) is 5.41 Å². The third kappa shape index (κ3) is 2.49. The van der Waals surface area contributed by atoms with Crippen LogP contribution in [0.1, 0.15) is 24.1 Å². The van der Waals surface area contributed by atoms with Gasteiger partial charge in [-0.2, -0.15) is 0 Å². The van der Waals surface area contributed by atoms with Crippen LogP contribution in [0.2, 0.25) is 0 Å². The molecular formula is C17H18N4OS. The molecule has 0 bridgehead atoms. The second kappa shape index (κ2) is 5.70. The van der Waals surface area contributed by atoms with Gasteiger partial charge < -0.3 is 15.1 Å². The van der Waals surface area contributed by atoms with Crippen LogP contribution in [0.5, 0.6) is 0 Å². The van der Waals surface area contributed by atoms with Crippen molar-refractivity contribution >= 4 is 22.5 Å². The number of nitrogen functional groups attached to an aromatic ring is 1. The van der Waals surface area contributed by atoms with Crippen LogP contribution in [0.3, 0.4) is 0 Å². The van der Waals surface area contributed by atoms with Crippen LogP contribution in [0, 0.1) is 0 Å². The van der Waals surface area contributed by atoms with Gasteiger partial charge in [-0.05, 0) is 18.4 Å². The Bertz CT molecular complexity index is 761. The number of anilines is 2. The molecule has 2 N–H and O–H groups in total. The zero-order valence-electron chi connectivity index (χ0n) is 12.7. The zero-order valence-corrected chi connectivity index (χ0v) is 13.5. The summed E-state index contributed by atoms with van der Waals surface area (Å²) in [4.78, 5) is 11.1. The van der Waals surface area contributed by atoms with Gasteiger partial charge in [0.15, 0.2) is 5.13 Å². The molecule has 0 atom stereocenters. The molecule has 1 fully saturated rings. The van der Waals surface area contributed by atoms with E-state index in [0.29, 0.717) is 11.1 Å². The van der Waals surface area contributed by atoms with E-state index in [1.807, 2.05) is 0 Å². The molecule has 4 rings (SSSR count). The minimum Gasteiger partial charge on any atom is -0.432 e. The van der Waals surface area contributed by atoms with Crippen LogP contribution in [-0.4, -0.2) is 23.1 Å². The number of benzene rings is 1. The molecule has 1 aliphatic heterocycles. The first-order valence-corrected chi connectivity index (χ1v) is 8.57. The van der Waals surface area contributed by atoms with E-state index in [0.717, 1.165) is 31.6 Å². The number of nitrogens with two attached hydrogens (primary N) is 1. The van der Waals surface area contributed by atoms with Gasteiger partial charge in [-0.3, -0.25) is 0 Å². The molecule has 3 heterocycles. The van der Waals surface area contributed by atoms with Gasteiger partial charge in [-0.15, -0.1) is 11.3 Å². The summed E-state index contributed by atoms with van der Waals surface area (Å²) in [5, 5.41) is 2.73. The second-order valence-electron chi connectivity index (χ2n) is 5.82. The predicted octanol–water partition coefficient (Wildman–Crippen LogP) is 3.30. The highest BCUT2D eigenvalue weighted by Crippen LogP contribution is 2.42. The maximum Gasteiger partial charge on any atom is 0.297 e. The Morgan fingerprint density at radius 1 is 1.17 bits per heavy atom. The van der Waals surface area contributed by atoms with Crippen molar-refractivity contribution in [1.29, 1.82) is 0 Å². The largest absolute Gasteiger partial charge is 0.432 e. The summed E-state index contributed by atoms with van der Waals surface area (Å²) in [5.74, 6) is 0. The molecule has 3 aromatic rings. The maximum atomic E-state index is 5.90. The number of thiazole rings is 1. The van der Waals surface area contributed by atoms with Gasteiger partial charge in [-0.1, -0.05) is 30.3 Å². The van der Waals surface area contributed by atoms with Crippen molar-refractivity contribution in [2.45, 2.75) is 18.3 Å². The molecule has 1 saturated heterocycles. The van der Waals surface area contributed by atoms with Crippen molar-refractivity contribution in [1.82, 2.24) is 9.97 Å². The molecule has 0 amide bonds. The standard InChI is InChI=1S/C17H18N4OS/c18-15-20-14(12-23-15)17(13-4-2-1-3-5-13)6-9-21(10-7-17)16-19-8-11-22-16/h1-5,8,11-12H,6-7,9-10H2,(H2,18,20). The molecule has 5 nitrogen and oxygen atoms in total. The predicted molar refractivity (Wildman–Crippen MR) is 91.7 cm³/mol. The Hall–Kier alpha value is -2.34. The summed E-state index contributed by atoms with van der Waals surface area (Å²) in [6, 6.07) is 11.3. The van der Waals surface area contributed by atoms with Crippen LogP contribution in [0.25, 0.3) is 0 Å². The van der Waals surface area contributed by atoms with E-state index in [-0.39, 0.29) is 5.41 Å². The van der Waals surface area contributed by atoms with E-state index < -0.39 is 0 Å². The smallest absolute Gasteiger partial charge is 0.297 e. The minimum atomic E-state index is -0.0848. The fourth-order valence-corrected chi connectivity index (χ4v) is 4.07. The fourth-order valence-electron chi connectivity index (χ4n) is 3.41. The van der Waals surface area contributed by atoms with Crippen molar-refractivity contribution in [2.24, 2.45) is 0 Å². The molecule has 6 heteroatoms. The Kier molecular flexibility index (Phi) is 3.53. The monoisotopic (exact) mass is 326 g/mol. The number of hydrogen-bond donors (Lipinski definition) is 1. The highest BCUT2D eigenvalue weighted by molar-refractivity contribution is 7.13. The van der Waals surface area contributed by atoms with Gasteiger partial charge in [0.05, 0.1) is 11.9 Å². The molecule has 0 aliphatic carbocycles. The Morgan fingerprint density at radius 2 is 1.96 bits per heavy atom. The highest BCUT2D eigenvalue weighted by atomic mass is 32.1. The summed E-state index contributed by atoms with van der Waals surface area (Å²) in [7, 11) is 0. The first-order valence-electron chi connectivity index (χ1n) is 7.69. The molecule has 1 aromatic carbocycles. The molecule has 0 radical (unpaired) electrons. The number of piperidine rings is 1. The maximum absolute atomic E-state index is 5.90. The highest BCUT2D eigenvalue weighted by Gasteiger charge is 2.40. The first kappa shape index (κ1) is 14.3. The van der Waals surface area contributed by atoms with Crippen molar-refractivity contribution in [3.63, 3.8) is 0 Å². The summed E-state index contributed by atoms with van der Waals surface area (Å²) in [6.45, 7) is 1.76. The Balaban J connectivity index is 1.68. The van der Waals surface area contributed by atoms with Crippen LogP contribution >= 0.6 is 11.3 Å². The summed E-state index contributed by atoms with van der Waals surface area (Å²) >= 11 is 1.51. The number of oxazole rings is 1. The molecule has 23 heavy (non-hydrogen) atoms. The zero-order chi connectivity index (χ0) is 15.7. The van der Waals surface area contributed by atoms with E-state index in [1.165, 1.54) is 16.9 Å². The number of hydrogen-bond acceptors (Lipinski definition) is 6. The first-order chi connectivity index (χ1) is 11.3. The Labute approximate surface area is 138 Å². The lowest BCUT2D eigenvalue weighted by atomic mass is 9.71. The molecule has 1 aliphatic rings. The van der Waals surface area contributed by atoms with Crippen LogP contribution in [0.4, 0.5) is 11.1 Å². The summed E-state index contributed by atoms with van der Waals surface area (Å²) in [6.07, 6.45) is 5.23. The van der Waals surface area contributed by atoms with Gasteiger partial charge in [-0.25, -0.2) is 9.97 Å². The van der Waals surface area contributed by atoms with Crippen molar-refractivity contribution in [3.8, 4) is 0 Å². The topological polar surface area (TPSA) is 68.2 Å². The molecule has 0 spiro atoms. The van der Waals surface area contributed by atoms with Crippen molar-refractivity contribution < 1.29 is 4.42 Å². The third-order valence-electron chi connectivity index (χ3n) is 4.65. The van der Waals surface area contributed by atoms with E-state index >= 15 is 0 Å². The van der Waals surface area contributed by atoms with Crippen molar-refractivity contribution in [2.75, 3.05) is 23.7 Å². The van der Waals surface area contributed by atoms with Crippen molar-refractivity contribution in [3.05, 3.63) is 59.4 Å². The minimum absolute atomic E-state index is 0.0848. The van der Waals surface area contributed by atoms with Crippen LogP contribution in [0.15, 0.2) is 52.6 Å². The lowest BCUT2D eigenvalue weighted by Crippen LogP contribution is -2.43. The van der Waals surface area contributed by atoms with Gasteiger partial charge in [0.25, 0.3) is 6.01 Å². The lowest BCUT2D eigenvalue weighted by Gasteiger charge is -2.40. The molecular weight excluding hydrogens is 308 g/mol. The van der Waals surface area contributed by atoms with Gasteiger partial charge in [0.1, 0.15) is 6.26 Å². The van der Waals surface area contributed by atoms with E-state index in [2.05, 4.69) is 50.6 Å². The lowest BCUT2D eigenvalue weighted by molar-refractivity contribution is 0.370. The number of aromatic nitrogens is 2.